The van der Waals surface area contributed by atoms with Crippen molar-refractivity contribution in [3.63, 3.8) is 0 Å². The Kier molecular flexibility index (Phi) is 6.37. The van der Waals surface area contributed by atoms with Crippen LogP contribution in [0.25, 0.3) is 0 Å². The van der Waals surface area contributed by atoms with Gasteiger partial charge in [-0.3, -0.25) is 9.48 Å². The quantitative estimate of drug-likeness (QED) is 0.613. The van der Waals surface area contributed by atoms with Crippen molar-refractivity contribution in [1.82, 2.24) is 14.7 Å². The van der Waals surface area contributed by atoms with Crippen LogP contribution >= 0.6 is 0 Å². The summed E-state index contributed by atoms with van der Waals surface area (Å²) in [4.78, 5) is 15.0. The first-order valence-electron chi connectivity index (χ1n) is 10.7. The molecule has 3 aromatic rings. The van der Waals surface area contributed by atoms with Gasteiger partial charge in [0.1, 0.15) is 5.75 Å². The van der Waals surface area contributed by atoms with Crippen molar-refractivity contribution in [2.24, 2.45) is 7.05 Å². The molecule has 31 heavy (non-hydrogen) atoms. The summed E-state index contributed by atoms with van der Waals surface area (Å²) in [5.74, 6) is 0.712. The molecule has 1 aliphatic heterocycles. The zero-order valence-electron chi connectivity index (χ0n) is 18.4. The Balaban J connectivity index is 1.48. The van der Waals surface area contributed by atoms with Crippen LogP contribution in [-0.2, 0) is 23.0 Å². The van der Waals surface area contributed by atoms with Gasteiger partial charge in [-0.05, 0) is 31.0 Å². The van der Waals surface area contributed by atoms with Gasteiger partial charge in [0.15, 0.2) is 6.61 Å². The summed E-state index contributed by atoms with van der Waals surface area (Å²) in [5, 5.41) is 4.52. The molecule has 0 N–H and O–H groups in total. The van der Waals surface area contributed by atoms with Crippen molar-refractivity contribution in [3.8, 4) is 5.75 Å². The fraction of sp³-hybridized carbons (Fsp3) is 0.360. The molecule has 6 heteroatoms. The molecule has 162 valence electrons. The molecular weight excluding hydrogens is 390 g/mol. The zero-order chi connectivity index (χ0) is 21.8. The van der Waals surface area contributed by atoms with Gasteiger partial charge in [0.05, 0.1) is 24.9 Å². The van der Waals surface area contributed by atoms with E-state index in [1.54, 1.807) is 0 Å². The van der Waals surface area contributed by atoms with E-state index < -0.39 is 0 Å². The second-order valence-electron chi connectivity index (χ2n) is 7.94. The van der Waals surface area contributed by atoms with Gasteiger partial charge in [-0.2, -0.15) is 5.10 Å². The van der Waals surface area contributed by atoms with Crippen LogP contribution in [-0.4, -0.2) is 47.0 Å². The number of nitrogens with zero attached hydrogens (tertiary/aromatic N) is 3. The van der Waals surface area contributed by atoms with Gasteiger partial charge < -0.3 is 14.4 Å². The summed E-state index contributed by atoms with van der Waals surface area (Å²) in [6.07, 6.45) is 0.763. The third kappa shape index (κ3) is 4.64. The Morgan fingerprint density at radius 3 is 2.61 bits per heavy atom. The van der Waals surface area contributed by atoms with Gasteiger partial charge in [-0.15, -0.1) is 0 Å². The van der Waals surface area contributed by atoms with Crippen LogP contribution in [0.15, 0.2) is 54.6 Å². The van der Waals surface area contributed by atoms with Crippen LogP contribution in [0.5, 0.6) is 5.75 Å². The lowest BCUT2D eigenvalue weighted by atomic mass is 10.0. The summed E-state index contributed by atoms with van der Waals surface area (Å²) in [5.41, 5.74) is 5.34. The molecule has 0 aliphatic carbocycles. The van der Waals surface area contributed by atoms with E-state index in [4.69, 9.17) is 9.47 Å². The molecule has 6 nitrogen and oxygen atoms in total. The van der Waals surface area contributed by atoms with Gasteiger partial charge in [-0.1, -0.05) is 48.5 Å². The summed E-state index contributed by atoms with van der Waals surface area (Å²) in [7, 11) is 1.93. The van der Waals surface area contributed by atoms with E-state index in [9.17, 15) is 4.79 Å². The number of carbonyl (C=O) groups excluding carboxylic acids is 1. The van der Waals surface area contributed by atoms with Crippen LogP contribution in [0, 0.1) is 13.8 Å². The average molecular weight is 420 g/mol. The summed E-state index contributed by atoms with van der Waals surface area (Å²) in [6, 6.07) is 18.0. The molecule has 4 rings (SSSR count). The average Bonchev–Trinajstić information content (AvgIpc) is 3.04. The molecule has 1 fully saturated rings. The van der Waals surface area contributed by atoms with Crippen LogP contribution < -0.4 is 4.74 Å². The summed E-state index contributed by atoms with van der Waals surface area (Å²) >= 11 is 0. The Hall–Kier alpha value is -3.12. The number of hydrogen-bond acceptors (Lipinski definition) is 4. The molecule has 1 saturated heterocycles. The SMILES string of the molecule is Cc1nn(C)c(C)c1C1COCCN1C(=O)COc1ccccc1Cc1ccccc1. The lowest BCUT2D eigenvalue weighted by Gasteiger charge is -2.36. The van der Waals surface area contributed by atoms with E-state index in [1.165, 1.54) is 5.56 Å². The number of benzene rings is 2. The van der Waals surface area contributed by atoms with Crippen molar-refractivity contribution in [2.45, 2.75) is 26.3 Å². The fourth-order valence-electron chi connectivity index (χ4n) is 4.24. The van der Waals surface area contributed by atoms with Crippen LogP contribution in [0.3, 0.4) is 0 Å². The maximum Gasteiger partial charge on any atom is 0.261 e. The first-order chi connectivity index (χ1) is 15.0. The fourth-order valence-corrected chi connectivity index (χ4v) is 4.24. The number of para-hydroxylation sites is 1. The molecule has 1 atom stereocenters. The van der Waals surface area contributed by atoms with Gasteiger partial charge in [0.2, 0.25) is 0 Å². The molecule has 1 aromatic heterocycles. The number of amides is 1. The molecule has 0 saturated carbocycles. The minimum absolute atomic E-state index is 0.000655. The highest BCUT2D eigenvalue weighted by atomic mass is 16.5. The highest BCUT2D eigenvalue weighted by molar-refractivity contribution is 5.78. The Labute approximate surface area is 183 Å². The second kappa shape index (κ2) is 9.35. The first kappa shape index (κ1) is 21.1. The Morgan fingerprint density at radius 2 is 1.87 bits per heavy atom. The lowest BCUT2D eigenvalue weighted by molar-refractivity contribution is -0.142. The van der Waals surface area contributed by atoms with Crippen molar-refractivity contribution < 1.29 is 14.3 Å². The monoisotopic (exact) mass is 419 g/mol. The smallest absolute Gasteiger partial charge is 0.261 e. The number of carbonyl (C=O) groups is 1. The Morgan fingerprint density at radius 1 is 1.13 bits per heavy atom. The van der Waals surface area contributed by atoms with E-state index >= 15 is 0 Å². The van der Waals surface area contributed by atoms with E-state index in [-0.39, 0.29) is 18.6 Å². The molecule has 2 heterocycles. The van der Waals surface area contributed by atoms with Crippen LogP contribution in [0.1, 0.15) is 34.1 Å². The van der Waals surface area contributed by atoms with Gasteiger partial charge >= 0.3 is 0 Å². The van der Waals surface area contributed by atoms with Crippen LogP contribution in [0.4, 0.5) is 0 Å². The highest BCUT2D eigenvalue weighted by Crippen LogP contribution is 2.29. The normalized spacial score (nSPS) is 16.4. The molecule has 2 aromatic carbocycles. The first-order valence-corrected chi connectivity index (χ1v) is 10.7. The third-order valence-corrected chi connectivity index (χ3v) is 5.91. The molecular formula is C25H29N3O3. The summed E-state index contributed by atoms with van der Waals surface area (Å²) in [6.45, 7) is 5.57. The predicted octanol–water partition coefficient (Wildman–Crippen LogP) is 3.61. The van der Waals surface area contributed by atoms with Gasteiger partial charge in [0.25, 0.3) is 5.91 Å². The van der Waals surface area contributed by atoms with Gasteiger partial charge in [0, 0.05) is 31.3 Å². The van der Waals surface area contributed by atoms with E-state index in [0.29, 0.717) is 19.8 Å². The third-order valence-electron chi connectivity index (χ3n) is 5.91. The summed E-state index contributed by atoms with van der Waals surface area (Å²) < 4.78 is 13.6. The minimum Gasteiger partial charge on any atom is -0.483 e. The number of aromatic nitrogens is 2. The van der Waals surface area contributed by atoms with Crippen LogP contribution in [0.2, 0.25) is 0 Å². The molecule has 1 unspecified atom stereocenters. The number of aryl methyl sites for hydroxylation is 2. The minimum atomic E-state index is -0.141. The molecule has 0 spiro atoms. The topological polar surface area (TPSA) is 56.6 Å². The predicted molar refractivity (Wildman–Crippen MR) is 119 cm³/mol. The molecule has 1 aliphatic rings. The standard InChI is InChI=1S/C25H29N3O3/c1-18-25(19(2)27(3)26-18)22-16-30-14-13-28(22)24(29)17-31-23-12-8-7-11-21(23)15-20-9-5-4-6-10-20/h4-12,22H,13-17H2,1-3H3. The number of rotatable bonds is 6. The second-order valence-corrected chi connectivity index (χ2v) is 7.94. The largest absolute Gasteiger partial charge is 0.483 e. The van der Waals surface area contributed by atoms with Gasteiger partial charge in [-0.25, -0.2) is 0 Å². The lowest BCUT2D eigenvalue weighted by Crippen LogP contribution is -2.45. The maximum absolute atomic E-state index is 13.2. The van der Waals surface area contributed by atoms with Crippen molar-refractivity contribution in [2.75, 3.05) is 26.4 Å². The molecule has 1 amide bonds. The van der Waals surface area contributed by atoms with Crippen molar-refractivity contribution in [3.05, 3.63) is 82.7 Å². The number of morpholine rings is 1. The van der Waals surface area contributed by atoms with E-state index in [1.807, 2.05) is 72.9 Å². The van der Waals surface area contributed by atoms with Crippen molar-refractivity contribution >= 4 is 5.91 Å². The number of ether oxygens (including phenoxy) is 2. The number of hydrogen-bond donors (Lipinski definition) is 0. The molecule has 0 bridgehead atoms. The van der Waals surface area contributed by atoms with E-state index in [2.05, 4.69) is 17.2 Å². The van der Waals surface area contributed by atoms with Crippen molar-refractivity contribution in [1.29, 1.82) is 0 Å². The highest BCUT2D eigenvalue weighted by Gasteiger charge is 2.32. The Bertz CT molecular complexity index is 1050. The zero-order valence-corrected chi connectivity index (χ0v) is 18.4. The van der Waals surface area contributed by atoms with E-state index in [0.717, 1.165) is 34.7 Å². The maximum atomic E-state index is 13.2. The molecule has 0 radical (unpaired) electrons.